The molecule has 18 heavy (non-hydrogen) atoms. The van der Waals surface area contributed by atoms with Gasteiger partial charge in [-0.15, -0.1) is 0 Å². The Morgan fingerprint density at radius 2 is 2.06 bits per heavy atom. The fourth-order valence-corrected chi connectivity index (χ4v) is 1.67. The lowest BCUT2D eigenvalue weighted by molar-refractivity contribution is -0.134. The van der Waals surface area contributed by atoms with E-state index < -0.39 is 23.1 Å². The number of halogens is 2. The van der Waals surface area contributed by atoms with Gasteiger partial charge in [-0.25, -0.2) is 8.78 Å². The minimum Gasteiger partial charge on any atom is -0.374 e. The number of hydrogen-bond acceptors (Lipinski definition) is 3. The lowest BCUT2D eigenvalue weighted by atomic mass is 9.93. The first-order chi connectivity index (χ1) is 8.47. The SMILES string of the molecule is C=C[C@]1(C(N)=O)CC(c2cc(F)cc(F)c2)=NO1. The summed E-state index contributed by atoms with van der Waals surface area (Å²) in [6, 6.07) is 2.95. The van der Waals surface area contributed by atoms with Crippen LogP contribution in [0.15, 0.2) is 36.0 Å². The Kier molecular flexibility index (Phi) is 2.86. The second-order valence-corrected chi connectivity index (χ2v) is 3.92. The first-order valence-electron chi connectivity index (χ1n) is 5.12. The molecule has 0 fully saturated rings. The Balaban J connectivity index is 2.33. The molecule has 1 aliphatic rings. The number of nitrogens with two attached hydrogens (primary N) is 1. The van der Waals surface area contributed by atoms with Gasteiger partial charge in [0.1, 0.15) is 11.6 Å². The molecule has 4 nitrogen and oxygen atoms in total. The van der Waals surface area contributed by atoms with E-state index in [-0.39, 0.29) is 17.7 Å². The molecular formula is C12H10F2N2O2. The lowest BCUT2D eigenvalue weighted by Crippen LogP contribution is -2.42. The van der Waals surface area contributed by atoms with Crippen LogP contribution in [0.2, 0.25) is 0 Å². The molecule has 1 aromatic carbocycles. The number of hydrogen-bond donors (Lipinski definition) is 1. The van der Waals surface area contributed by atoms with E-state index in [0.717, 1.165) is 18.2 Å². The van der Waals surface area contributed by atoms with E-state index in [0.29, 0.717) is 0 Å². The molecule has 1 aliphatic heterocycles. The number of nitrogens with zero attached hydrogens (tertiary/aromatic N) is 1. The third kappa shape index (κ3) is 1.97. The number of rotatable bonds is 3. The van der Waals surface area contributed by atoms with E-state index in [4.69, 9.17) is 10.6 Å². The van der Waals surface area contributed by atoms with Crippen LogP contribution in [0.25, 0.3) is 0 Å². The van der Waals surface area contributed by atoms with Crippen molar-refractivity contribution in [3.05, 3.63) is 48.1 Å². The molecule has 0 saturated heterocycles. The van der Waals surface area contributed by atoms with Crippen molar-refractivity contribution in [3.8, 4) is 0 Å². The first-order valence-corrected chi connectivity index (χ1v) is 5.12. The van der Waals surface area contributed by atoms with Gasteiger partial charge in [0.15, 0.2) is 0 Å². The molecule has 0 bridgehead atoms. The molecule has 0 unspecified atom stereocenters. The summed E-state index contributed by atoms with van der Waals surface area (Å²) in [4.78, 5) is 16.2. The number of carbonyl (C=O) groups is 1. The number of benzene rings is 1. The third-order valence-corrected chi connectivity index (χ3v) is 2.69. The van der Waals surface area contributed by atoms with Crippen molar-refractivity contribution in [2.45, 2.75) is 12.0 Å². The zero-order valence-corrected chi connectivity index (χ0v) is 9.32. The molecule has 0 spiro atoms. The molecule has 1 atom stereocenters. The van der Waals surface area contributed by atoms with Gasteiger partial charge in [0, 0.05) is 18.1 Å². The third-order valence-electron chi connectivity index (χ3n) is 2.69. The monoisotopic (exact) mass is 252 g/mol. The Labute approximate surface area is 102 Å². The van der Waals surface area contributed by atoms with Crippen molar-refractivity contribution in [3.63, 3.8) is 0 Å². The molecule has 0 radical (unpaired) electrons. The van der Waals surface area contributed by atoms with Crippen LogP contribution >= 0.6 is 0 Å². The van der Waals surface area contributed by atoms with Crippen LogP contribution in [0.3, 0.4) is 0 Å². The van der Waals surface area contributed by atoms with Gasteiger partial charge in [0.05, 0.1) is 5.71 Å². The second-order valence-electron chi connectivity index (χ2n) is 3.92. The Hall–Kier alpha value is -2.24. The zero-order chi connectivity index (χ0) is 13.3. The Bertz CT molecular complexity index is 537. The van der Waals surface area contributed by atoms with Gasteiger partial charge in [-0.05, 0) is 18.2 Å². The molecule has 2 rings (SSSR count). The molecular weight excluding hydrogens is 242 g/mol. The minimum atomic E-state index is -1.45. The summed E-state index contributed by atoms with van der Waals surface area (Å²) < 4.78 is 26.1. The summed E-state index contributed by atoms with van der Waals surface area (Å²) in [6.07, 6.45) is 1.22. The smallest absolute Gasteiger partial charge is 0.269 e. The van der Waals surface area contributed by atoms with E-state index in [1.807, 2.05) is 0 Å². The Morgan fingerprint density at radius 1 is 1.44 bits per heavy atom. The van der Waals surface area contributed by atoms with Gasteiger partial charge < -0.3 is 10.6 Å². The number of amides is 1. The van der Waals surface area contributed by atoms with E-state index >= 15 is 0 Å². The first kappa shape index (κ1) is 12.2. The van der Waals surface area contributed by atoms with Crippen LogP contribution in [-0.2, 0) is 9.63 Å². The van der Waals surface area contributed by atoms with Gasteiger partial charge in [-0.3, -0.25) is 4.79 Å². The normalized spacial score (nSPS) is 22.2. The summed E-state index contributed by atoms with van der Waals surface area (Å²) in [5, 5.41) is 3.65. The highest BCUT2D eigenvalue weighted by Crippen LogP contribution is 2.28. The van der Waals surface area contributed by atoms with Crippen molar-refractivity contribution in [2.75, 3.05) is 0 Å². The topological polar surface area (TPSA) is 64.7 Å². The average molecular weight is 252 g/mol. The highest BCUT2D eigenvalue weighted by molar-refractivity contribution is 6.05. The predicted octanol–water partition coefficient (Wildman–Crippen LogP) is 1.50. The maximum absolute atomic E-state index is 13.1. The van der Waals surface area contributed by atoms with Gasteiger partial charge in [-0.2, -0.15) is 0 Å². The molecule has 0 aromatic heterocycles. The maximum Gasteiger partial charge on any atom is 0.269 e. The quantitative estimate of drug-likeness (QED) is 0.828. The molecule has 2 N–H and O–H groups in total. The number of oxime groups is 1. The maximum atomic E-state index is 13.1. The molecule has 1 heterocycles. The summed E-state index contributed by atoms with van der Waals surface area (Å²) in [5.41, 5.74) is 4.19. The van der Waals surface area contributed by atoms with Crippen molar-refractivity contribution in [1.82, 2.24) is 0 Å². The molecule has 1 aromatic rings. The fourth-order valence-electron chi connectivity index (χ4n) is 1.67. The zero-order valence-electron chi connectivity index (χ0n) is 9.32. The summed E-state index contributed by atoms with van der Waals surface area (Å²) in [6.45, 7) is 3.45. The van der Waals surface area contributed by atoms with Crippen LogP contribution in [0.5, 0.6) is 0 Å². The molecule has 1 amide bonds. The molecule has 94 valence electrons. The second kappa shape index (κ2) is 4.21. The van der Waals surface area contributed by atoms with Crippen LogP contribution in [0, 0.1) is 11.6 Å². The molecule has 0 aliphatic carbocycles. The van der Waals surface area contributed by atoms with Gasteiger partial charge in [0.2, 0.25) is 5.60 Å². The summed E-state index contributed by atoms with van der Waals surface area (Å²) in [5.74, 6) is -2.22. The number of primary amides is 1. The summed E-state index contributed by atoms with van der Waals surface area (Å²) >= 11 is 0. The highest BCUT2D eigenvalue weighted by Gasteiger charge is 2.42. The molecule has 6 heteroatoms. The van der Waals surface area contributed by atoms with E-state index in [1.165, 1.54) is 6.08 Å². The predicted molar refractivity (Wildman–Crippen MR) is 60.7 cm³/mol. The van der Waals surface area contributed by atoms with Crippen LogP contribution in [0.1, 0.15) is 12.0 Å². The van der Waals surface area contributed by atoms with Crippen molar-refractivity contribution in [1.29, 1.82) is 0 Å². The van der Waals surface area contributed by atoms with E-state index in [9.17, 15) is 13.6 Å². The Morgan fingerprint density at radius 3 is 2.50 bits per heavy atom. The minimum absolute atomic E-state index is 0.00523. The largest absolute Gasteiger partial charge is 0.374 e. The van der Waals surface area contributed by atoms with Gasteiger partial charge in [0.25, 0.3) is 5.91 Å². The van der Waals surface area contributed by atoms with Crippen LogP contribution in [0.4, 0.5) is 8.78 Å². The van der Waals surface area contributed by atoms with E-state index in [2.05, 4.69) is 11.7 Å². The van der Waals surface area contributed by atoms with Gasteiger partial charge >= 0.3 is 0 Å². The van der Waals surface area contributed by atoms with Gasteiger partial charge in [-0.1, -0.05) is 11.7 Å². The van der Waals surface area contributed by atoms with Crippen LogP contribution < -0.4 is 5.73 Å². The van der Waals surface area contributed by atoms with Crippen molar-refractivity contribution in [2.24, 2.45) is 10.9 Å². The van der Waals surface area contributed by atoms with Crippen molar-refractivity contribution < 1.29 is 18.4 Å². The van der Waals surface area contributed by atoms with Crippen LogP contribution in [-0.4, -0.2) is 17.2 Å². The lowest BCUT2D eigenvalue weighted by Gasteiger charge is -2.17. The number of carbonyl (C=O) groups excluding carboxylic acids is 1. The fraction of sp³-hybridized carbons (Fsp3) is 0.167. The van der Waals surface area contributed by atoms with Crippen molar-refractivity contribution >= 4 is 11.6 Å². The summed E-state index contributed by atoms with van der Waals surface area (Å²) in [7, 11) is 0. The molecule has 0 saturated carbocycles. The average Bonchev–Trinajstić information content (AvgIpc) is 2.73. The standard InChI is InChI=1S/C12H10F2N2O2/c1-2-12(11(15)17)6-10(16-18-12)7-3-8(13)5-9(14)4-7/h2-5H,1,6H2,(H2,15,17)/t12-/m1/s1. The van der Waals surface area contributed by atoms with E-state index in [1.54, 1.807) is 0 Å². The highest BCUT2D eigenvalue weighted by atomic mass is 19.1.